The van der Waals surface area contributed by atoms with E-state index in [-0.39, 0.29) is 12.1 Å². The number of fused-ring (bicyclic) bond motifs is 1. The molecule has 5 heteroatoms. The van der Waals surface area contributed by atoms with E-state index in [0.29, 0.717) is 0 Å². The van der Waals surface area contributed by atoms with Crippen molar-refractivity contribution in [1.29, 1.82) is 0 Å². The number of carbonyl (C=O) groups is 1. The van der Waals surface area contributed by atoms with Crippen molar-refractivity contribution in [2.24, 2.45) is 0 Å². The van der Waals surface area contributed by atoms with Gasteiger partial charge in [-0.15, -0.1) is 0 Å². The van der Waals surface area contributed by atoms with Crippen LogP contribution in [0.3, 0.4) is 0 Å². The number of nitrogens with zero attached hydrogens (tertiary/aromatic N) is 2. The molecule has 1 aromatic rings. The zero-order valence-corrected chi connectivity index (χ0v) is 9.08. The number of rotatable bonds is 1. The van der Waals surface area contributed by atoms with E-state index in [1.54, 1.807) is 19.0 Å². The summed E-state index contributed by atoms with van der Waals surface area (Å²) < 4.78 is 0. The van der Waals surface area contributed by atoms with Crippen LogP contribution in [0.1, 0.15) is 17.7 Å². The van der Waals surface area contributed by atoms with Gasteiger partial charge in [0.25, 0.3) is 0 Å². The first-order valence-electron chi connectivity index (χ1n) is 5.15. The standard InChI is InChI=1S/C10H16N4O/c1-14(2)10(15)12-8-4-3-7-6-11-13-9(7)5-8/h6,8H,3-5H2,1-2H3,(H,11,13)(H,12,15). The minimum Gasteiger partial charge on any atom is -0.335 e. The lowest BCUT2D eigenvalue weighted by atomic mass is 9.94. The van der Waals surface area contributed by atoms with E-state index < -0.39 is 0 Å². The van der Waals surface area contributed by atoms with Gasteiger partial charge >= 0.3 is 6.03 Å². The van der Waals surface area contributed by atoms with Crippen LogP contribution in [0.25, 0.3) is 0 Å². The smallest absolute Gasteiger partial charge is 0.317 e. The molecule has 15 heavy (non-hydrogen) atoms. The fourth-order valence-corrected chi connectivity index (χ4v) is 1.84. The van der Waals surface area contributed by atoms with Gasteiger partial charge in [-0.05, 0) is 18.4 Å². The molecule has 0 fully saturated rings. The number of aryl methyl sites for hydroxylation is 1. The van der Waals surface area contributed by atoms with Crippen LogP contribution in [0.15, 0.2) is 6.20 Å². The molecule has 1 aliphatic rings. The molecule has 2 N–H and O–H groups in total. The van der Waals surface area contributed by atoms with Crippen molar-refractivity contribution in [3.8, 4) is 0 Å². The Balaban J connectivity index is 1.96. The van der Waals surface area contributed by atoms with Gasteiger partial charge in [-0.25, -0.2) is 4.79 Å². The lowest BCUT2D eigenvalue weighted by Gasteiger charge is -2.24. The Morgan fingerprint density at radius 2 is 2.47 bits per heavy atom. The second-order valence-corrected chi connectivity index (χ2v) is 4.16. The summed E-state index contributed by atoms with van der Waals surface area (Å²) >= 11 is 0. The van der Waals surface area contributed by atoms with Crippen molar-refractivity contribution in [2.45, 2.75) is 25.3 Å². The van der Waals surface area contributed by atoms with Gasteiger partial charge in [0.15, 0.2) is 0 Å². The second-order valence-electron chi connectivity index (χ2n) is 4.16. The number of H-pyrrole nitrogens is 1. The van der Waals surface area contributed by atoms with E-state index in [4.69, 9.17) is 0 Å². The van der Waals surface area contributed by atoms with E-state index >= 15 is 0 Å². The minimum absolute atomic E-state index is 0.0250. The fourth-order valence-electron chi connectivity index (χ4n) is 1.84. The van der Waals surface area contributed by atoms with Crippen LogP contribution in [-0.4, -0.2) is 41.3 Å². The van der Waals surface area contributed by atoms with Gasteiger partial charge in [-0.2, -0.15) is 5.10 Å². The molecule has 5 nitrogen and oxygen atoms in total. The van der Waals surface area contributed by atoms with Crippen molar-refractivity contribution in [1.82, 2.24) is 20.4 Å². The van der Waals surface area contributed by atoms with Crippen LogP contribution >= 0.6 is 0 Å². The van der Waals surface area contributed by atoms with E-state index in [0.717, 1.165) is 25.0 Å². The van der Waals surface area contributed by atoms with E-state index in [2.05, 4.69) is 15.5 Å². The highest BCUT2D eigenvalue weighted by molar-refractivity contribution is 5.73. The maximum absolute atomic E-state index is 11.5. The largest absolute Gasteiger partial charge is 0.335 e. The van der Waals surface area contributed by atoms with Gasteiger partial charge in [-0.3, -0.25) is 5.10 Å². The molecule has 1 atom stereocenters. The summed E-state index contributed by atoms with van der Waals surface area (Å²) in [4.78, 5) is 13.0. The topological polar surface area (TPSA) is 61.0 Å². The third-order valence-electron chi connectivity index (χ3n) is 2.75. The minimum atomic E-state index is -0.0250. The SMILES string of the molecule is CN(C)C(=O)NC1CCc2cn[nH]c2C1. The van der Waals surface area contributed by atoms with Gasteiger partial charge in [0.2, 0.25) is 0 Å². The Bertz CT molecular complexity index is 358. The summed E-state index contributed by atoms with van der Waals surface area (Å²) in [7, 11) is 3.50. The Morgan fingerprint density at radius 1 is 1.67 bits per heavy atom. The summed E-state index contributed by atoms with van der Waals surface area (Å²) in [6.45, 7) is 0. The molecule has 0 spiro atoms. The zero-order valence-electron chi connectivity index (χ0n) is 9.08. The fraction of sp³-hybridized carbons (Fsp3) is 0.600. The van der Waals surface area contributed by atoms with Crippen molar-refractivity contribution >= 4 is 6.03 Å². The summed E-state index contributed by atoms with van der Waals surface area (Å²) in [5, 5.41) is 9.97. The molecule has 1 aliphatic carbocycles. The van der Waals surface area contributed by atoms with Crippen LogP contribution in [0.2, 0.25) is 0 Å². The molecule has 2 amide bonds. The average molecular weight is 208 g/mol. The van der Waals surface area contributed by atoms with E-state index in [1.165, 1.54) is 5.56 Å². The normalized spacial score (nSPS) is 19.5. The van der Waals surface area contributed by atoms with Gasteiger partial charge in [0, 0.05) is 32.3 Å². The predicted molar refractivity (Wildman–Crippen MR) is 56.6 cm³/mol. The Labute approximate surface area is 88.8 Å². The highest BCUT2D eigenvalue weighted by atomic mass is 16.2. The molecule has 0 saturated heterocycles. The maximum Gasteiger partial charge on any atom is 0.317 e. The average Bonchev–Trinajstić information content (AvgIpc) is 2.64. The van der Waals surface area contributed by atoms with Crippen molar-refractivity contribution in [3.05, 3.63) is 17.5 Å². The van der Waals surface area contributed by atoms with Crippen LogP contribution in [0.4, 0.5) is 4.79 Å². The molecular weight excluding hydrogens is 192 g/mol. The van der Waals surface area contributed by atoms with Gasteiger partial charge in [0.05, 0.1) is 6.20 Å². The molecule has 1 unspecified atom stereocenters. The summed E-state index contributed by atoms with van der Waals surface area (Å²) in [6, 6.07) is 0.204. The molecule has 0 aliphatic heterocycles. The molecule has 0 bridgehead atoms. The Morgan fingerprint density at radius 3 is 3.20 bits per heavy atom. The molecule has 1 aromatic heterocycles. The van der Waals surface area contributed by atoms with Gasteiger partial charge in [-0.1, -0.05) is 0 Å². The Kier molecular flexibility index (Phi) is 2.62. The zero-order chi connectivity index (χ0) is 10.8. The number of aromatic nitrogens is 2. The van der Waals surface area contributed by atoms with Crippen molar-refractivity contribution in [3.63, 3.8) is 0 Å². The maximum atomic E-state index is 11.5. The highest BCUT2D eigenvalue weighted by Gasteiger charge is 2.21. The number of urea groups is 1. The number of amides is 2. The lowest BCUT2D eigenvalue weighted by molar-refractivity contribution is 0.211. The van der Waals surface area contributed by atoms with Crippen LogP contribution < -0.4 is 5.32 Å². The molecule has 0 saturated carbocycles. The molecular formula is C10H16N4O. The monoisotopic (exact) mass is 208 g/mol. The number of hydrogen-bond donors (Lipinski definition) is 2. The molecule has 0 radical (unpaired) electrons. The van der Waals surface area contributed by atoms with E-state index in [9.17, 15) is 4.79 Å². The second kappa shape index (κ2) is 3.92. The van der Waals surface area contributed by atoms with Crippen LogP contribution in [0.5, 0.6) is 0 Å². The summed E-state index contributed by atoms with van der Waals surface area (Å²) in [5.74, 6) is 0. The number of carbonyl (C=O) groups excluding carboxylic acids is 1. The first-order valence-corrected chi connectivity index (χ1v) is 5.15. The van der Waals surface area contributed by atoms with Crippen LogP contribution in [-0.2, 0) is 12.8 Å². The van der Waals surface area contributed by atoms with Gasteiger partial charge in [0.1, 0.15) is 0 Å². The molecule has 1 heterocycles. The predicted octanol–water partition coefficient (Wildman–Crippen LogP) is 0.538. The third kappa shape index (κ3) is 2.11. The molecule has 82 valence electrons. The highest BCUT2D eigenvalue weighted by Crippen LogP contribution is 2.18. The van der Waals surface area contributed by atoms with E-state index in [1.807, 2.05) is 6.20 Å². The first kappa shape index (κ1) is 10.0. The third-order valence-corrected chi connectivity index (χ3v) is 2.75. The summed E-state index contributed by atoms with van der Waals surface area (Å²) in [6.07, 6.45) is 4.71. The lowest BCUT2D eigenvalue weighted by Crippen LogP contribution is -2.43. The van der Waals surface area contributed by atoms with Crippen molar-refractivity contribution < 1.29 is 4.79 Å². The molecule has 2 rings (SSSR count). The Hall–Kier alpha value is -1.52. The van der Waals surface area contributed by atoms with Crippen molar-refractivity contribution in [2.75, 3.05) is 14.1 Å². The van der Waals surface area contributed by atoms with Gasteiger partial charge < -0.3 is 10.2 Å². The number of nitrogens with one attached hydrogen (secondary N) is 2. The quantitative estimate of drug-likeness (QED) is 0.707. The number of hydrogen-bond acceptors (Lipinski definition) is 2. The number of aromatic amines is 1. The summed E-state index contributed by atoms with van der Waals surface area (Å²) in [5.41, 5.74) is 2.44. The molecule has 0 aromatic carbocycles. The first-order chi connectivity index (χ1) is 7.16. The van der Waals surface area contributed by atoms with Crippen LogP contribution in [0, 0.1) is 0 Å².